The Balaban J connectivity index is 1.73. The average molecular weight is 591 g/mol. The van der Waals surface area contributed by atoms with E-state index in [1.807, 2.05) is 12.1 Å². The second-order valence-electron chi connectivity index (χ2n) is 12.9. The number of thioether (sulfide) groups is 2. The zero-order valence-electron chi connectivity index (χ0n) is 23.0. The molecule has 0 amide bonds. The van der Waals surface area contributed by atoms with Gasteiger partial charge in [-0.05, 0) is 44.6 Å². The van der Waals surface area contributed by atoms with Gasteiger partial charge in [0.25, 0.3) is 0 Å². The zero-order chi connectivity index (χ0) is 27.3. The first-order chi connectivity index (χ1) is 17.1. The molecule has 2 fully saturated rings. The lowest BCUT2D eigenvalue weighted by Gasteiger charge is -2.54. The van der Waals surface area contributed by atoms with Crippen molar-refractivity contribution in [1.29, 1.82) is 0 Å². The van der Waals surface area contributed by atoms with Crippen LogP contribution in [0.2, 0.25) is 0 Å². The monoisotopic (exact) mass is 590 g/mol. The van der Waals surface area contributed by atoms with E-state index in [-0.39, 0.29) is 31.9 Å². The van der Waals surface area contributed by atoms with Crippen molar-refractivity contribution in [3.63, 3.8) is 0 Å². The van der Waals surface area contributed by atoms with E-state index in [2.05, 4.69) is 104 Å². The van der Waals surface area contributed by atoms with Gasteiger partial charge in [0.2, 0.25) is 0 Å². The maximum atomic E-state index is 13.4. The molecule has 0 aromatic heterocycles. The number of rotatable bonds is 6. The van der Waals surface area contributed by atoms with Gasteiger partial charge in [0.05, 0.1) is 0 Å². The smallest absolute Gasteiger partial charge is 0.196 e. The Morgan fingerprint density at radius 3 is 1.22 bits per heavy atom. The summed E-state index contributed by atoms with van der Waals surface area (Å²) in [4.78, 5) is 26.9. The molecule has 200 valence electrons. The van der Waals surface area contributed by atoms with E-state index in [4.69, 9.17) is 0 Å². The lowest BCUT2D eigenvalue weighted by Crippen LogP contribution is -2.48. The van der Waals surface area contributed by atoms with Crippen molar-refractivity contribution >= 4 is 65.2 Å². The van der Waals surface area contributed by atoms with E-state index in [0.29, 0.717) is 0 Å². The minimum Gasteiger partial charge on any atom is -0.287 e. The number of benzene rings is 2. The van der Waals surface area contributed by atoms with Crippen molar-refractivity contribution in [3.8, 4) is 0 Å². The van der Waals surface area contributed by atoms with Crippen molar-refractivity contribution in [2.24, 2.45) is 21.7 Å². The third kappa shape index (κ3) is 5.21. The van der Waals surface area contributed by atoms with Crippen LogP contribution in [0.3, 0.4) is 0 Å². The molecule has 2 aromatic carbocycles. The molecule has 2 heterocycles. The molecule has 2 saturated heterocycles. The predicted octanol–water partition coefficient (Wildman–Crippen LogP) is 10.2. The molecule has 0 saturated carbocycles. The summed E-state index contributed by atoms with van der Waals surface area (Å²) in [6.45, 7) is 17.5. The van der Waals surface area contributed by atoms with E-state index in [1.54, 1.807) is 31.4 Å². The van der Waals surface area contributed by atoms with Crippen LogP contribution in [0, 0.1) is 21.7 Å². The summed E-state index contributed by atoms with van der Waals surface area (Å²) in [6, 6.07) is 21.0. The number of carbonyl (C=O) groups is 2. The maximum Gasteiger partial charge on any atom is 0.196 e. The fraction of sp³-hybridized carbons (Fsp3) is 0.533. The molecule has 4 rings (SSSR count). The van der Waals surface area contributed by atoms with Gasteiger partial charge in [-0.3, -0.25) is 9.59 Å². The van der Waals surface area contributed by atoms with Gasteiger partial charge in [-0.25, -0.2) is 0 Å². The number of hydrogen-bond acceptors (Lipinski definition) is 7. The van der Waals surface area contributed by atoms with Crippen LogP contribution in [-0.2, 0) is 17.7 Å². The second kappa shape index (κ2) is 10.2. The van der Waals surface area contributed by atoms with Crippen LogP contribution in [0.4, 0.5) is 0 Å². The highest BCUT2D eigenvalue weighted by Crippen LogP contribution is 2.74. The van der Waals surface area contributed by atoms with Gasteiger partial charge in [-0.2, -0.15) is 0 Å². The Kier molecular flexibility index (Phi) is 8.11. The second-order valence-corrected chi connectivity index (χ2v) is 20.1. The quantitative estimate of drug-likeness (QED) is 0.310. The Hall–Kier alpha value is -0.470. The third-order valence-electron chi connectivity index (χ3n) is 7.74. The minimum absolute atomic E-state index is 0.137. The predicted molar refractivity (Wildman–Crippen MR) is 169 cm³/mol. The van der Waals surface area contributed by atoms with Crippen LogP contribution >= 0.6 is 54.9 Å². The highest BCUT2D eigenvalue weighted by Gasteiger charge is 2.60. The van der Waals surface area contributed by atoms with Crippen LogP contribution < -0.4 is 0 Å². The molecule has 2 aliphatic rings. The first kappa shape index (κ1) is 29.5. The molecule has 0 radical (unpaired) electrons. The molecular weight excluding hydrogens is 553 g/mol. The van der Waals surface area contributed by atoms with E-state index in [1.165, 1.54) is 34.7 Å². The average Bonchev–Trinajstić information content (AvgIpc) is 2.80. The van der Waals surface area contributed by atoms with Gasteiger partial charge in [0, 0.05) is 10.8 Å². The molecular formula is C30H38O2S5. The molecule has 2 nitrogen and oxygen atoms in total. The molecule has 2 atom stereocenters. The van der Waals surface area contributed by atoms with Crippen molar-refractivity contribution < 1.29 is 9.59 Å². The summed E-state index contributed by atoms with van der Waals surface area (Å²) < 4.78 is -0.883. The van der Waals surface area contributed by atoms with Gasteiger partial charge < -0.3 is 0 Å². The summed E-state index contributed by atoms with van der Waals surface area (Å²) in [5, 5.41) is 0.492. The zero-order valence-corrected chi connectivity index (χ0v) is 27.1. The summed E-state index contributed by atoms with van der Waals surface area (Å²) in [5.41, 5.74) is 1.34. The fourth-order valence-corrected chi connectivity index (χ4v) is 17.3. The molecule has 0 spiro atoms. The van der Waals surface area contributed by atoms with Crippen molar-refractivity contribution in [2.75, 3.05) is 0 Å². The van der Waals surface area contributed by atoms with Crippen LogP contribution in [0.1, 0.15) is 79.4 Å². The maximum absolute atomic E-state index is 13.4. The highest BCUT2D eigenvalue weighted by atomic mass is 33.5. The third-order valence-corrected chi connectivity index (χ3v) is 18.3. The van der Waals surface area contributed by atoms with Crippen molar-refractivity contribution in [2.45, 2.75) is 76.4 Å². The van der Waals surface area contributed by atoms with Crippen LogP contribution in [-0.4, -0.2) is 10.2 Å². The molecule has 37 heavy (non-hydrogen) atoms. The van der Waals surface area contributed by atoms with Gasteiger partial charge in [-0.15, -0.1) is 0 Å². The lowest BCUT2D eigenvalue weighted by molar-refractivity contribution is -0.121. The minimum atomic E-state index is -0.441. The number of carbonyl (C=O) groups excluding carboxylic acids is 2. The van der Waals surface area contributed by atoms with Gasteiger partial charge in [0.1, 0.15) is 8.16 Å². The number of hydrogen-bond donors (Lipinski definition) is 0. The first-order valence-electron chi connectivity index (χ1n) is 12.7. The van der Waals surface area contributed by atoms with E-state index >= 15 is 0 Å². The normalized spacial score (nSPS) is 30.2. The molecule has 2 aromatic rings. The Labute approximate surface area is 243 Å². The standard InChI is InChI=1S/C30H38O2S5/c1-25(2)19-27(5,6)29(33-23(25)31,21-15-11-9-12-16-21)35-37-36-30(22-17-13-10-14-18-22)28(7,8)20-26(3,4)24(32)34-30/h9-18H,19-20H2,1-8H3/t29-,30-/m0/s1. The van der Waals surface area contributed by atoms with Gasteiger partial charge >= 0.3 is 0 Å². The van der Waals surface area contributed by atoms with Crippen molar-refractivity contribution in [1.82, 2.24) is 0 Å². The summed E-state index contributed by atoms with van der Waals surface area (Å²) in [5.74, 6) is 0. The van der Waals surface area contributed by atoms with Crippen molar-refractivity contribution in [3.05, 3.63) is 71.8 Å². The first-order valence-corrected chi connectivity index (χ1v) is 17.8. The van der Waals surface area contributed by atoms with Crippen LogP contribution in [0.15, 0.2) is 60.7 Å². The molecule has 2 aliphatic heterocycles. The fourth-order valence-electron chi connectivity index (χ4n) is 6.08. The van der Waals surface area contributed by atoms with Gasteiger partial charge in [0.15, 0.2) is 10.2 Å². The topological polar surface area (TPSA) is 34.1 Å². The summed E-state index contributed by atoms with van der Waals surface area (Å²) >= 11 is 3.00. The van der Waals surface area contributed by atoms with E-state index < -0.39 is 8.16 Å². The molecule has 0 aliphatic carbocycles. The molecule has 7 heteroatoms. The molecule has 0 bridgehead atoms. The van der Waals surface area contributed by atoms with Crippen LogP contribution in [0.25, 0.3) is 0 Å². The Bertz CT molecular complexity index is 1070. The SMILES string of the molecule is CC1(C)CC(C)(C)[C@@](SSS[C@]2(c3ccccc3)SC(=O)C(C)(C)CC2(C)C)(c2ccccc2)SC1=O. The van der Waals surface area contributed by atoms with Crippen LogP contribution in [0.5, 0.6) is 0 Å². The lowest BCUT2D eigenvalue weighted by atomic mass is 9.71. The van der Waals surface area contributed by atoms with E-state index in [9.17, 15) is 9.59 Å². The molecule has 0 N–H and O–H groups in total. The molecule has 0 unspecified atom stereocenters. The Morgan fingerprint density at radius 2 is 0.892 bits per heavy atom. The van der Waals surface area contributed by atoms with Gasteiger partial charge in [-0.1, -0.05) is 161 Å². The van der Waals surface area contributed by atoms with E-state index in [0.717, 1.165) is 12.8 Å². The Morgan fingerprint density at radius 1 is 0.568 bits per heavy atom. The summed E-state index contributed by atoms with van der Waals surface area (Å²) in [7, 11) is 5.34. The highest BCUT2D eigenvalue weighted by molar-refractivity contribution is 9.10. The largest absolute Gasteiger partial charge is 0.287 e. The summed E-state index contributed by atoms with van der Waals surface area (Å²) in [6.07, 6.45) is 1.63.